The van der Waals surface area contributed by atoms with E-state index in [4.69, 9.17) is 0 Å². The molecule has 0 unspecified atom stereocenters. The van der Waals surface area contributed by atoms with Crippen molar-refractivity contribution < 1.29 is 4.79 Å². The molecule has 1 N–H and O–H groups in total. The number of hydrogen-bond acceptors (Lipinski definition) is 4. The van der Waals surface area contributed by atoms with Gasteiger partial charge in [0, 0.05) is 31.1 Å². The Bertz CT molecular complexity index is 619. The molecule has 0 saturated carbocycles. The Morgan fingerprint density at radius 2 is 1.91 bits per heavy atom. The standard InChI is InChI=1S/C17H21N3OS/c1-19-8-10-20(11-9-19)16-7-3-2-6-15(16)18-17(21)13-14-5-4-12-22-14/h2-7,12H,8-11,13H2,1H3,(H,18,21). The average Bonchev–Trinajstić information content (AvgIpc) is 3.01. The third-order valence-corrected chi connectivity index (χ3v) is 4.81. The molecule has 0 bridgehead atoms. The fourth-order valence-electron chi connectivity index (χ4n) is 2.67. The van der Waals surface area contributed by atoms with Gasteiger partial charge in [0.05, 0.1) is 17.8 Å². The van der Waals surface area contributed by atoms with Gasteiger partial charge >= 0.3 is 0 Å². The molecule has 1 aliphatic rings. The summed E-state index contributed by atoms with van der Waals surface area (Å²) in [6.07, 6.45) is 0.439. The number of piperazine rings is 1. The molecule has 0 spiro atoms. The van der Waals surface area contributed by atoms with Gasteiger partial charge in [-0.2, -0.15) is 0 Å². The summed E-state index contributed by atoms with van der Waals surface area (Å²) < 4.78 is 0. The first-order chi connectivity index (χ1) is 10.7. The predicted octanol–water partition coefficient (Wildman–Crippen LogP) is 2.68. The van der Waals surface area contributed by atoms with Crippen molar-refractivity contribution in [2.45, 2.75) is 6.42 Å². The first-order valence-electron chi connectivity index (χ1n) is 7.57. The molecule has 1 aromatic carbocycles. The fraction of sp³-hybridized carbons (Fsp3) is 0.353. The van der Waals surface area contributed by atoms with E-state index in [0.29, 0.717) is 6.42 Å². The van der Waals surface area contributed by atoms with Gasteiger partial charge in [0.15, 0.2) is 0 Å². The maximum absolute atomic E-state index is 12.2. The first kappa shape index (κ1) is 15.1. The molecule has 5 heteroatoms. The number of likely N-dealkylation sites (N-methyl/N-ethyl adjacent to an activating group) is 1. The highest BCUT2D eigenvalue weighted by molar-refractivity contribution is 7.10. The molecule has 4 nitrogen and oxygen atoms in total. The van der Waals surface area contributed by atoms with Gasteiger partial charge in [-0.1, -0.05) is 18.2 Å². The van der Waals surface area contributed by atoms with Crippen LogP contribution in [0.15, 0.2) is 41.8 Å². The molecule has 1 amide bonds. The number of benzene rings is 1. The van der Waals surface area contributed by atoms with Crippen LogP contribution in [0.5, 0.6) is 0 Å². The predicted molar refractivity (Wildman–Crippen MR) is 92.8 cm³/mol. The number of hydrogen-bond donors (Lipinski definition) is 1. The summed E-state index contributed by atoms with van der Waals surface area (Å²) in [6, 6.07) is 12.1. The van der Waals surface area contributed by atoms with Crippen LogP contribution in [0, 0.1) is 0 Å². The number of amides is 1. The second-order valence-corrected chi connectivity index (χ2v) is 6.64. The Balaban J connectivity index is 1.69. The second kappa shape index (κ2) is 6.94. The van der Waals surface area contributed by atoms with Crippen LogP contribution in [0.3, 0.4) is 0 Å². The van der Waals surface area contributed by atoms with Gasteiger partial charge in [-0.05, 0) is 30.6 Å². The highest BCUT2D eigenvalue weighted by Gasteiger charge is 2.17. The average molecular weight is 315 g/mol. The molecule has 1 fully saturated rings. The van der Waals surface area contributed by atoms with Crippen LogP contribution in [0.25, 0.3) is 0 Å². The topological polar surface area (TPSA) is 35.6 Å². The number of para-hydroxylation sites is 2. The molecule has 0 radical (unpaired) electrons. The summed E-state index contributed by atoms with van der Waals surface area (Å²) in [5.41, 5.74) is 2.03. The number of carbonyl (C=O) groups excluding carboxylic acids is 1. The van der Waals surface area contributed by atoms with Gasteiger partial charge in [-0.25, -0.2) is 0 Å². The van der Waals surface area contributed by atoms with Crippen molar-refractivity contribution >= 4 is 28.6 Å². The Kier molecular flexibility index (Phi) is 4.75. The summed E-state index contributed by atoms with van der Waals surface area (Å²) in [4.78, 5) is 18.0. The van der Waals surface area contributed by atoms with Crippen molar-refractivity contribution in [3.05, 3.63) is 46.7 Å². The van der Waals surface area contributed by atoms with Crippen LogP contribution in [0.4, 0.5) is 11.4 Å². The molecule has 116 valence electrons. The monoisotopic (exact) mass is 315 g/mol. The highest BCUT2D eigenvalue weighted by Crippen LogP contribution is 2.26. The molecule has 22 heavy (non-hydrogen) atoms. The van der Waals surface area contributed by atoms with Crippen molar-refractivity contribution in [2.24, 2.45) is 0 Å². The summed E-state index contributed by atoms with van der Waals surface area (Å²) in [5.74, 6) is 0.0454. The van der Waals surface area contributed by atoms with E-state index in [0.717, 1.165) is 42.4 Å². The zero-order chi connectivity index (χ0) is 15.4. The van der Waals surface area contributed by atoms with Gasteiger partial charge in [0.2, 0.25) is 5.91 Å². The van der Waals surface area contributed by atoms with Crippen molar-refractivity contribution in [3.63, 3.8) is 0 Å². The van der Waals surface area contributed by atoms with E-state index in [1.165, 1.54) is 0 Å². The van der Waals surface area contributed by atoms with E-state index >= 15 is 0 Å². The van der Waals surface area contributed by atoms with Gasteiger partial charge < -0.3 is 15.1 Å². The minimum absolute atomic E-state index is 0.0454. The molecule has 0 atom stereocenters. The molecule has 3 rings (SSSR count). The number of rotatable bonds is 4. The highest BCUT2D eigenvalue weighted by atomic mass is 32.1. The van der Waals surface area contributed by atoms with Crippen molar-refractivity contribution in [2.75, 3.05) is 43.4 Å². The van der Waals surface area contributed by atoms with Crippen molar-refractivity contribution in [3.8, 4) is 0 Å². The third kappa shape index (κ3) is 3.67. The lowest BCUT2D eigenvalue weighted by Crippen LogP contribution is -2.44. The number of nitrogens with one attached hydrogen (secondary N) is 1. The first-order valence-corrected chi connectivity index (χ1v) is 8.45. The van der Waals surface area contributed by atoms with E-state index in [9.17, 15) is 4.79 Å². The number of nitrogens with zero attached hydrogens (tertiary/aromatic N) is 2. The number of thiophene rings is 1. The molecule has 1 saturated heterocycles. The minimum atomic E-state index is 0.0454. The zero-order valence-electron chi connectivity index (χ0n) is 12.8. The molecular weight excluding hydrogens is 294 g/mol. The van der Waals surface area contributed by atoms with Crippen molar-refractivity contribution in [1.29, 1.82) is 0 Å². The maximum Gasteiger partial charge on any atom is 0.229 e. The summed E-state index contributed by atoms with van der Waals surface area (Å²) >= 11 is 1.62. The smallest absolute Gasteiger partial charge is 0.229 e. The largest absolute Gasteiger partial charge is 0.367 e. The lowest BCUT2D eigenvalue weighted by atomic mass is 10.2. The molecule has 1 aliphatic heterocycles. The normalized spacial score (nSPS) is 15.8. The van der Waals surface area contributed by atoms with Gasteiger partial charge in [-0.3, -0.25) is 4.79 Å². The lowest BCUT2D eigenvalue weighted by Gasteiger charge is -2.35. The van der Waals surface area contributed by atoms with E-state index in [1.54, 1.807) is 11.3 Å². The molecule has 2 heterocycles. The van der Waals surface area contributed by atoms with Crippen LogP contribution in [0.2, 0.25) is 0 Å². The zero-order valence-corrected chi connectivity index (χ0v) is 13.6. The quantitative estimate of drug-likeness (QED) is 0.942. The van der Waals surface area contributed by atoms with E-state index in [2.05, 4.69) is 28.2 Å². The van der Waals surface area contributed by atoms with Crippen LogP contribution in [0.1, 0.15) is 4.88 Å². The maximum atomic E-state index is 12.2. The van der Waals surface area contributed by atoms with Gasteiger partial charge in [-0.15, -0.1) is 11.3 Å². The van der Waals surface area contributed by atoms with Gasteiger partial charge in [0.1, 0.15) is 0 Å². The summed E-state index contributed by atoms with van der Waals surface area (Å²) in [6.45, 7) is 4.09. The van der Waals surface area contributed by atoms with Crippen LogP contribution in [-0.4, -0.2) is 44.0 Å². The summed E-state index contributed by atoms with van der Waals surface area (Å²) in [7, 11) is 2.14. The van der Waals surface area contributed by atoms with Crippen molar-refractivity contribution in [1.82, 2.24) is 4.90 Å². The molecule has 0 aliphatic carbocycles. The number of carbonyl (C=O) groups is 1. The fourth-order valence-corrected chi connectivity index (χ4v) is 3.37. The Morgan fingerprint density at radius 3 is 2.64 bits per heavy atom. The van der Waals surface area contributed by atoms with E-state index in [1.807, 2.05) is 35.7 Å². The third-order valence-electron chi connectivity index (χ3n) is 3.94. The summed E-state index contributed by atoms with van der Waals surface area (Å²) in [5, 5.41) is 5.07. The van der Waals surface area contributed by atoms with E-state index in [-0.39, 0.29) is 5.91 Å². The number of anilines is 2. The Labute approximate surface area is 135 Å². The Hall–Kier alpha value is -1.85. The molecule has 2 aromatic rings. The van der Waals surface area contributed by atoms with Crippen LogP contribution in [-0.2, 0) is 11.2 Å². The lowest BCUT2D eigenvalue weighted by molar-refractivity contribution is -0.115. The molecule has 1 aromatic heterocycles. The van der Waals surface area contributed by atoms with Crippen LogP contribution < -0.4 is 10.2 Å². The SMILES string of the molecule is CN1CCN(c2ccccc2NC(=O)Cc2cccs2)CC1. The minimum Gasteiger partial charge on any atom is -0.367 e. The van der Waals surface area contributed by atoms with Crippen LogP contribution >= 0.6 is 11.3 Å². The molecular formula is C17H21N3OS. The van der Waals surface area contributed by atoms with Gasteiger partial charge in [0.25, 0.3) is 0 Å². The Morgan fingerprint density at radius 1 is 1.14 bits per heavy atom. The second-order valence-electron chi connectivity index (χ2n) is 5.61. The van der Waals surface area contributed by atoms with E-state index < -0.39 is 0 Å².